The summed E-state index contributed by atoms with van der Waals surface area (Å²) in [6, 6.07) is 24.1. The first kappa shape index (κ1) is 33.0. The van der Waals surface area contributed by atoms with Crippen molar-refractivity contribution in [1.29, 1.82) is 0 Å². The molecule has 2 heterocycles. The van der Waals surface area contributed by atoms with E-state index in [1.54, 1.807) is 32.7 Å². The van der Waals surface area contributed by atoms with Crippen LogP contribution in [-0.2, 0) is 21.1 Å². The van der Waals surface area contributed by atoms with Crippen LogP contribution in [0, 0.1) is 24.6 Å². The molecule has 0 bridgehead atoms. The number of ether oxygens (including phenoxy) is 2. The SMILES string of the molecule is C#CNc1c(-c2cc(OC)ccn2)[c-]ccc1N(C)C.COc1ccnc(-c2[c-]ccc(N(C)C)c2N(C)C)c1.[Pt+2]. The van der Waals surface area contributed by atoms with E-state index in [9.17, 15) is 0 Å². The van der Waals surface area contributed by atoms with Crippen LogP contribution in [0.5, 0.6) is 11.5 Å². The minimum atomic E-state index is 0. The van der Waals surface area contributed by atoms with E-state index in [4.69, 9.17) is 15.9 Å². The van der Waals surface area contributed by atoms with Crippen LogP contribution in [0.2, 0.25) is 0 Å². The van der Waals surface area contributed by atoms with E-state index in [-0.39, 0.29) is 21.1 Å². The summed E-state index contributed by atoms with van der Waals surface area (Å²) in [7, 11) is 15.3. The summed E-state index contributed by atoms with van der Waals surface area (Å²) in [5, 5.41) is 2.94. The van der Waals surface area contributed by atoms with Gasteiger partial charge in [-0.3, -0.25) is 0 Å². The fourth-order valence-electron chi connectivity index (χ4n) is 4.10. The zero-order valence-electron chi connectivity index (χ0n) is 24.7. The van der Waals surface area contributed by atoms with Gasteiger partial charge in [0.2, 0.25) is 0 Å². The Morgan fingerprint density at radius 1 is 0.732 bits per heavy atom. The van der Waals surface area contributed by atoms with Gasteiger partial charge in [-0.2, -0.15) is 0 Å². The number of methoxy groups -OCH3 is 2. The van der Waals surface area contributed by atoms with Gasteiger partial charge in [0.05, 0.1) is 14.2 Å². The number of rotatable bonds is 8. The molecule has 0 fully saturated rings. The first-order valence-electron chi connectivity index (χ1n) is 12.6. The van der Waals surface area contributed by atoms with Crippen LogP contribution in [0.1, 0.15) is 0 Å². The number of pyridine rings is 2. The maximum Gasteiger partial charge on any atom is 2.00 e. The largest absolute Gasteiger partial charge is 2.00 e. The minimum absolute atomic E-state index is 0. The zero-order valence-corrected chi connectivity index (χ0v) is 27.0. The van der Waals surface area contributed by atoms with Gasteiger partial charge in [-0.1, -0.05) is 12.0 Å². The number of hydrogen-bond donors (Lipinski definition) is 1. The Morgan fingerprint density at radius 3 is 1.68 bits per heavy atom. The van der Waals surface area contributed by atoms with Gasteiger partial charge in [0.25, 0.3) is 0 Å². The summed E-state index contributed by atoms with van der Waals surface area (Å²) in [6.45, 7) is 0. The van der Waals surface area contributed by atoms with Crippen LogP contribution >= 0.6 is 0 Å². The predicted molar refractivity (Wildman–Crippen MR) is 166 cm³/mol. The number of hydrogen-bond acceptors (Lipinski definition) is 8. The van der Waals surface area contributed by atoms with Crippen LogP contribution in [0.25, 0.3) is 22.5 Å². The topological polar surface area (TPSA) is 66.0 Å². The molecule has 0 aliphatic rings. The average Bonchev–Trinajstić information content (AvgIpc) is 2.97. The Hall–Kier alpha value is -4.21. The van der Waals surface area contributed by atoms with Crippen LogP contribution in [0.3, 0.4) is 0 Å². The molecule has 0 saturated carbocycles. The summed E-state index contributed by atoms with van der Waals surface area (Å²) in [5.41, 5.74) is 7.41. The van der Waals surface area contributed by atoms with E-state index in [0.717, 1.165) is 56.8 Å². The molecule has 0 spiro atoms. The number of terminal acetylenes is 1. The van der Waals surface area contributed by atoms with E-state index in [1.165, 1.54) is 0 Å². The maximum absolute atomic E-state index is 5.39. The number of aromatic nitrogens is 2. The molecule has 0 aliphatic heterocycles. The van der Waals surface area contributed by atoms with Gasteiger partial charge < -0.3 is 39.5 Å². The molecule has 41 heavy (non-hydrogen) atoms. The summed E-state index contributed by atoms with van der Waals surface area (Å²) in [6.07, 6.45) is 8.85. The monoisotopic (exact) mass is 731 g/mol. The van der Waals surface area contributed by atoms with Crippen LogP contribution in [0.15, 0.2) is 60.9 Å². The molecule has 0 radical (unpaired) electrons. The summed E-state index contributed by atoms with van der Waals surface area (Å²) in [5.74, 6) is 1.54. The van der Waals surface area contributed by atoms with E-state index in [0.29, 0.717) is 0 Å². The van der Waals surface area contributed by atoms with E-state index >= 15 is 0 Å². The normalized spacial score (nSPS) is 9.73. The molecule has 2 aromatic heterocycles. The molecule has 0 saturated heterocycles. The smallest absolute Gasteiger partial charge is 0.497 e. The fourth-order valence-corrected chi connectivity index (χ4v) is 4.10. The molecular formula is C32H36N6O2Pt. The summed E-state index contributed by atoms with van der Waals surface area (Å²) in [4.78, 5) is 15.0. The molecule has 216 valence electrons. The quantitative estimate of drug-likeness (QED) is 0.149. The molecule has 0 unspecified atom stereocenters. The third kappa shape index (κ3) is 8.15. The molecule has 1 N–H and O–H groups in total. The second-order valence-corrected chi connectivity index (χ2v) is 9.31. The van der Waals surface area contributed by atoms with E-state index in [2.05, 4.69) is 49.3 Å². The average molecular weight is 732 g/mol. The minimum Gasteiger partial charge on any atom is -0.497 e. The number of nitrogens with one attached hydrogen (secondary N) is 1. The van der Waals surface area contributed by atoms with Crippen molar-refractivity contribution in [3.05, 3.63) is 73.1 Å². The van der Waals surface area contributed by atoms with Crippen molar-refractivity contribution in [3.63, 3.8) is 0 Å². The van der Waals surface area contributed by atoms with Gasteiger partial charge in [-0.05, 0) is 78.5 Å². The van der Waals surface area contributed by atoms with Crippen molar-refractivity contribution < 1.29 is 30.5 Å². The van der Waals surface area contributed by atoms with Crippen LogP contribution < -0.4 is 29.5 Å². The van der Waals surface area contributed by atoms with Crippen LogP contribution in [-0.4, -0.2) is 66.5 Å². The van der Waals surface area contributed by atoms with Crippen molar-refractivity contribution in [1.82, 2.24) is 9.97 Å². The molecule has 9 heteroatoms. The predicted octanol–water partition coefficient (Wildman–Crippen LogP) is 5.31. The summed E-state index contributed by atoms with van der Waals surface area (Å²) < 4.78 is 10.5. The van der Waals surface area contributed by atoms with Crippen molar-refractivity contribution in [2.45, 2.75) is 0 Å². The fraction of sp³-hybridized carbons (Fsp3) is 0.250. The van der Waals surface area contributed by atoms with Gasteiger partial charge >= 0.3 is 21.1 Å². The Bertz CT molecular complexity index is 1470. The van der Waals surface area contributed by atoms with Gasteiger partial charge in [-0.25, -0.2) is 0 Å². The molecule has 8 nitrogen and oxygen atoms in total. The van der Waals surface area contributed by atoms with Gasteiger partial charge in [0, 0.05) is 40.6 Å². The molecule has 0 amide bonds. The van der Waals surface area contributed by atoms with E-state index in [1.807, 2.05) is 83.6 Å². The maximum atomic E-state index is 5.39. The third-order valence-electron chi connectivity index (χ3n) is 5.98. The number of nitrogens with zero attached hydrogens (tertiary/aromatic N) is 5. The Kier molecular flexibility index (Phi) is 12.5. The van der Waals surface area contributed by atoms with Crippen LogP contribution in [0.4, 0.5) is 22.7 Å². The number of benzene rings is 2. The molecule has 2 aromatic carbocycles. The number of anilines is 4. The zero-order chi connectivity index (χ0) is 29.2. The third-order valence-corrected chi connectivity index (χ3v) is 5.98. The Balaban J connectivity index is 0.000000280. The Morgan fingerprint density at radius 2 is 1.22 bits per heavy atom. The van der Waals surface area contributed by atoms with E-state index < -0.39 is 0 Å². The molecular weight excluding hydrogens is 695 g/mol. The Labute approximate surface area is 258 Å². The molecule has 4 aromatic rings. The molecule has 4 rings (SSSR count). The van der Waals surface area contributed by atoms with Crippen molar-refractivity contribution in [2.24, 2.45) is 0 Å². The van der Waals surface area contributed by atoms with Crippen molar-refractivity contribution in [2.75, 3.05) is 76.5 Å². The second-order valence-electron chi connectivity index (χ2n) is 9.31. The second kappa shape index (κ2) is 15.5. The van der Waals surface area contributed by atoms with Gasteiger partial charge in [-0.15, -0.1) is 42.0 Å². The van der Waals surface area contributed by atoms with Crippen molar-refractivity contribution in [3.8, 4) is 46.5 Å². The first-order chi connectivity index (χ1) is 19.2. The standard InChI is InChI=1S/C16H20N3O.C16H16N3O.Pt/c1-18(2)15-8-6-7-13(16(15)19(3)4)14-11-12(20-5)9-10-17-14;1-5-17-16-13(7-6-8-15(16)19(2)3)14-11-12(20-4)9-10-18-14;/h6,8-11H,1-5H3;1,6,8-11,17H,2-4H3;/q2*-1;+2. The van der Waals surface area contributed by atoms with Crippen molar-refractivity contribution >= 4 is 22.7 Å². The van der Waals surface area contributed by atoms with Gasteiger partial charge in [0.15, 0.2) is 0 Å². The first-order valence-corrected chi connectivity index (χ1v) is 12.6. The molecule has 0 atom stereocenters. The summed E-state index contributed by atoms with van der Waals surface area (Å²) >= 11 is 0. The van der Waals surface area contributed by atoms with Gasteiger partial charge in [0.1, 0.15) is 11.5 Å². The molecule has 0 aliphatic carbocycles.